The first-order chi connectivity index (χ1) is 8.52. The number of rotatable bonds is 7. The standard InChI is InChI=1S/C15H25NO2/c1-11(2)18-14-6-7-15(13(4)8-14)16-9-12(3)10-17-5/h6-8,11-12,16H,9-10H2,1-5H3. The Bertz CT molecular complexity index is 364. The van der Waals surface area contributed by atoms with E-state index in [1.165, 1.54) is 5.56 Å². The van der Waals surface area contributed by atoms with Crippen molar-refractivity contribution in [3.8, 4) is 5.75 Å². The van der Waals surface area contributed by atoms with Crippen molar-refractivity contribution in [2.45, 2.75) is 33.8 Å². The first-order valence-corrected chi connectivity index (χ1v) is 6.53. The molecule has 0 saturated heterocycles. The fourth-order valence-electron chi connectivity index (χ4n) is 1.81. The third-order valence-electron chi connectivity index (χ3n) is 2.66. The van der Waals surface area contributed by atoms with Crippen LogP contribution in [0, 0.1) is 12.8 Å². The summed E-state index contributed by atoms with van der Waals surface area (Å²) in [6.07, 6.45) is 0.213. The van der Waals surface area contributed by atoms with Gasteiger partial charge in [0.05, 0.1) is 12.7 Å². The Morgan fingerprint density at radius 3 is 2.50 bits per heavy atom. The zero-order chi connectivity index (χ0) is 13.5. The maximum absolute atomic E-state index is 5.67. The van der Waals surface area contributed by atoms with Gasteiger partial charge in [-0.1, -0.05) is 6.92 Å². The molecule has 1 N–H and O–H groups in total. The Labute approximate surface area is 110 Å². The third-order valence-corrected chi connectivity index (χ3v) is 2.66. The Morgan fingerprint density at radius 2 is 1.94 bits per heavy atom. The van der Waals surface area contributed by atoms with Crippen molar-refractivity contribution < 1.29 is 9.47 Å². The number of aryl methyl sites for hydroxylation is 1. The molecule has 1 aromatic carbocycles. The van der Waals surface area contributed by atoms with Crippen LogP contribution in [0.25, 0.3) is 0 Å². The van der Waals surface area contributed by atoms with Gasteiger partial charge in [-0.3, -0.25) is 0 Å². The number of benzene rings is 1. The average Bonchev–Trinajstić information content (AvgIpc) is 2.27. The highest BCUT2D eigenvalue weighted by Gasteiger charge is 2.05. The van der Waals surface area contributed by atoms with Crippen LogP contribution in [-0.2, 0) is 4.74 Å². The van der Waals surface area contributed by atoms with Crippen molar-refractivity contribution in [1.29, 1.82) is 0 Å². The Hall–Kier alpha value is -1.22. The van der Waals surface area contributed by atoms with Crippen molar-refractivity contribution in [2.24, 2.45) is 5.92 Å². The van der Waals surface area contributed by atoms with Gasteiger partial charge in [-0.2, -0.15) is 0 Å². The molecule has 0 aliphatic carbocycles. The molecule has 3 heteroatoms. The molecule has 0 aliphatic heterocycles. The lowest BCUT2D eigenvalue weighted by molar-refractivity contribution is 0.164. The summed E-state index contributed by atoms with van der Waals surface area (Å²) < 4.78 is 10.8. The minimum atomic E-state index is 0.213. The van der Waals surface area contributed by atoms with Crippen LogP contribution in [-0.4, -0.2) is 26.4 Å². The van der Waals surface area contributed by atoms with Gasteiger partial charge in [0.25, 0.3) is 0 Å². The molecule has 1 unspecified atom stereocenters. The lowest BCUT2D eigenvalue weighted by Gasteiger charge is -2.16. The van der Waals surface area contributed by atoms with Crippen molar-refractivity contribution >= 4 is 5.69 Å². The quantitative estimate of drug-likeness (QED) is 0.805. The molecular weight excluding hydrogens is 226 g/mol. The van der Waals surface area contributed by atoms with Gasteiger partial charge in [-0.25, -0.2) is 0 Å². The number of nitrogens with one attached hydrogen (secondary N) is 1. The SMILES string of the molecule is COCC(C)CNc1ccc(OC(C)C)cc1C. The predicted octanol–water partition coefficient (Wildman–Crippen LogP) is 3.48. The number of methoxy groups -OCH3 is 1. The van der Waals surface area contributed by atoms with Gasteiger partial charge < -0.3 is 14.8 Å². The monoisotopic (exact) mass is 251 g/mol. The summed E-state index contributed by atoms with van der Waals surface area (Å²) in [5.74, 6) is 1.43. The van der Waals surface area contributed by atoms with E-state index >= 15 is 0 Å². The highest BCUT2D eigenvalue weighted by atomic mass is 16.5. The molecule has 1 aromatic rings. The summed E-state index contributed by atoms with van der Waals surface area (Å²) in [5, 5.41) is 3.44. The molecule has 0 heterocycles. The van der Waals surface area contributed by atoms with Gasteiger partial charge >= 0.3 is 0 Å². The van der Waals surface area contributed by atoms with Crippen LogP contribution in [0.4, 0.5) is 5.69 Å². The van der Waals surface area contributed by atoms with Gasteiger partial charge in [0.15, 0.2) is 0 Å². The summed E-state index contributed by atoms with van der Waals surface area (Å²) in [5.41, 5.74) is 2.37. The molecule has 0 aliphatic rings. The van der Waals surface area contributed by atoms with Gasteiger partial charge in [-0.15, -0.1) is 0 Å². The molecule has 0 aromatic heterocycles. The summed E-state index contributed by atoms with van der Waals surface area (Å²) in [6, 6.07) is 6.16. The molecule has 1 rings (SSSR count). The first-order valence-electron chi connectivity index (χ1n) is 6.53. The number of hydrogen-bond acceptors (Lipinski definition) is 3. The topological polar surface area (TPSA) is 30.5 Å². The molecule has 0 saturated carbocycles. The Kier molecular flexibility index (Phi) is 5.99. The second-order valence-electron chi connectivity index (χ2n) is 5.08. The van der Waals surface area contributed by atoms with Gasteiger partial charge in [-0.05, 0) is 50.5 Å². The maximum atomic E-state index is 5.67. The zero-order valence-electron chi connectivity index (χ0n) is 12.1. The second-order valence-corrected chi connectivity index (χ2v) is 5.08. The normalized spacial score (nSPS) is 12.6. The molecular formula is C15H25NO2. The average molecular weight is 251 g/mol. The molecule has 0 spiro atoms. The van der Waals surface area contributed by atoms with Crippen molar-refractivity contribution in [3.05, 3.63) is 23.8 Å². The fraction of sp³-hybridized carbons (Fsp3) is 0.600. The summed E-state index contributed by atoms with van der Waals surface area (Å²) >= 11 is 0. The summed E-state index contributed by atoms with van der Waals surface area (Å²) in [4.78, 5) is 0. The molecule has 18 heavy (non-hydrogen) atoms. The van der Waals surface area contributed by atoms with E-state index in [4.69, 9.17) is 9.47 Å². The zero-order valence-corrected chi connectivity index (χ0v) is 12.1. The minimum absolute atomic E-state index is 0.213. The van der Waals surface area contributed by atoms with E-state index < -0.39 is 0 Å². The van der Waals surface area contributed by atoms with Crippen molar-refractivity contribution in [3.63, 3.8) is 0 Å². The van der Waals surface area contributed by atoms with E-state index in [0.29, 0.717) is 5.92 Å². The van der Waals surface area contributed by atoms with E-state index in [1.807, 2.05) is 19.9 Å². The van der Waals surface area contributed by atoms with E-state index in [1.54, 1.807) is 7.11 Å². The number of anilines is 1. The molecule has 0 radical (unpaired) electrons. The van der Waals surface area contributed by atoms with Gasteiger partial charge in [0, 0.05) is 19.3 Å². The minimum Gasteiger partial charge on any atom is -0.491 e. The first kappa shape index (κ1) is 14.8. The highest BCUT2D eigenvalue weighted by Crippen LogP contribution is 2.22. The smallest absolute Gasteiger partial charge is 0.120 e. The Morgan fingerprint density at radius 1 is 1.22 bits per heavy atom. The van der Waals surface area contributed by atoms with Crippen LogP contribution < -0.4 is 10.1 Å². The highest BCUT2D eigenvalue weighted by molar-refractivity contribution is 5.53. The second kappa shape index (κ2) is 7.27. The summed E-state index contributed by atoms with van der Waals surface area (Å²) in [7, 11) is 1.74. The molecule has 0 fully saturated rings. The van der Waals surface area contributed by atoms with E-state index in [2.05, 4.69) is 31.3 Å². The van der Waals surface area contributed by atoms with Gasteiger partial charge in [0.2, 0.25) is 0 Å². The summed E-state index contributed by atoms with van der Waals surface area (Å²) in [6.45, 7) is 10.0. The van der Waals surface area contributed by atoms with Gasteiger partial charge in [0.1, 0.15) is 5.75 Å². The van der Waals surface area contributed by atoms with E-state index in [0.717, 1.165) is 24.6 Å². The predicted molar refractivity (Wildman–Crippen MR) is 76.5 cm³/mol. The van der Waals surface area contributed by atoms with Crippen LogP contribution in [0.2, 0.25) is 0 Å². The maximum Gasteiger partial charge on any atom is 0.120 e. The number of hydrogen-bond donors (Lipinski definition) is 1. The molecule has 3 nitrogen and oxygen atoms in total. The molecule has 0 bridgehead atoms. The van der Waals surface area contributed by atoms with Crippen molar-refractivity contribution in [1.82, 2.24) is 0 Å². The van der Waals surface area contributed by atoms with Crippen LogP contribution >= 0.6 is 0 Å². The van der Waals surface area contributed by atoms with Crippen LogP contribution in [0.3, 0.4) is 0 Å². The van der Waals surface area contributed by atoms with E-state index in [9.17, 15) is 0 Å². The number of ether oxygens (including phenoxy) is 2. The largest absolute Gasteiger partial charge is 0.491 e. The fourth-order valence-corrected chi connectivity index (χ4v) is 1.81. The molecule has 1 atom stereocenters. The van der Waals surface area contributed by atoms with Crippen LogP contribution in [0.5, 0.6) is 5.75 Å². The molecule has 0 amide bonds. The lowest BCUT2D eigenvalue weighted by atomic mass is 10.1. The third kappa shape index (κ3) is 4.96. The Balaban J connectivity index is 2.57. The van der Waals surface area contributed by atoms with Crippen molar-refractivity contribution in [2.75, 3.05) is 25.6 Å². The molecule has 102 valence electrons. The van der Waals surface area contributed by atoms with Crippen LogP contribution in [0.1, 0.15) is 26.3 Å². The van der Waals surface area contributed by atoms with Crippen LogP contribution in [0.15, 0.2) is 18.2 Å². The lowest BCUT2D eigenvalue weighted by Crippen LogP contribution is -2.16. The van der Waals surface area contributed by atoms with E-state index in [-0.39, 0.29) is 6.10 Å².